The number of nitrogens with zero attached hydrogens (tertiary/aromatic N) is 1. The highest BCUT2D eigenvalue weighted by molar-refractivity contribution is 5.94. The molecule has 0 saturated heterocycles. The first-order chi connectivity index (χ1) is 9.69. The lowest BCUT2D eigenvalue weighted by Gasteiger charge is -2.13. The van der Waals surface area contributed by atoms with Gasteiger partial charge in [0.25, 0.3) is 5.91 Å². The molecule has 1 unspecified atom stereocenters. The Hall–Kier alpha value is -2.30. The van der Waals surface area contributed by atoms with E-state index in [2.05, 4.69) is 15.6 Å². The summed E-state index contributed by atoms with van der Waals surface area (Å²) in [6.45, 7) is 4.71. The Morgan fingerprint density at radius 2 is 2.30 bits per heavy atom. The molecule has 0 spiro atoms. The first kappa shape index (κ1) is 14.1. The molecular weight excluding hydrogens is 254 g/mol. The van der Waals surface area contributed by atoms with Crippen LogP contribution in [0.5, 0.6) is 0 Å². The molecule has 5 heteroatoms. The highest BCUT2D eigenvalue weighted by atomic mass is 16.3. The summed E-state index contributed by atoms with van der Waals surface area (Å²) in [7, 11) is 0. The van der Waals surface area contributed by atoms with Gasteiger partial charge in [0.2, 0.25) is 0 Å². The Kier molecular flexibility index (Phi) is 4.76. The van der Waals surface area contributed by atoms with Crippen LogP contribution in [0.3, 0.4) is 0 Å². The van der Waals surface area contributed by atoms with E-state index in [-0.39, 0.29) is 11.9 Å². The van der Waals surface area contributed by atoms with Gasteiger partial charge in [0.15, 0.2) is 0 Å². The summed E-state index contributed by atoms with van der Waals surface area (Å²) in [4.78, 5) is 16.3. The predicted molar refractivity (Wildman–Crippen MR) is 77.7 cm³/mol. The summed E-state index contributed by atoms with van der Waals surface area (Å²) in [5.41, 5.74) is 0.599. The van der Waals surface area contributed by atoms with Crippen LogP contribution in [0.25, 0.3) is 0 Å². The molecule has 0 aliphatic carbocycles. The molecule has 2 aromatic heterocycles. The number of nitrogens with one attached hydrogen (secondary N) is 2. The van der Waals surface area contributed by atoms with Gasteiger partial charge in [0.05, 0.1) is 6.26 Å². The number of amides is 1. The van der Waals surface area contributed by atoms with Crippen LogP contribution >= 0.6 is 0 Å². The molecule has 2 aromatic rings. The van der Waals surface area contributed by atoms with Crippen molar-refractivity contribution in [3.05, 3.63) is 48.0 Å². The smallest absolute Gasteiger partial charge is 0.251 e. The Morgan fingerprint density at radius 3 is 3.00 bits per heavy atom. The van der Waals surface area contributed by atoms with Gasteiger partial charge in [-0.1, -0.05) is 0 Å². The van der Waals surface area contributed by atoms with Gasteiger partial charge in [0.1, 0.15) is 11.6 Å². The van der Waals surface area contributed by atoms with E-state index in [1.54, 1.807) is 24.6 Å². The molecule has 0 radical (unpaired) electrons. The first-order valence-corrected chi connectivity index (χ1v) is 6.72. The van der Waals surface area contributed by atoms with Crippen LogP contribution in [0.4, 0.5) is 5.82 Å². The Labute approximate surface area is 118 Å². The summed E-state index contributed by atoms with van der Waals surface area (Å²) in [5, 5.41) is 6.04. The molecule has 106 valence electrons. The molecule has 2 rings (SSSR count). The van der Waals surface area contributed by atoms with E-state index in [1.165, 1.54) is 0 Å². The fraction of sp³-hybridized carbons (Fsp3) is 0.333. The number of carbonyl (C=O) groups is 1. The Morgan fingerprint density at radius 1 is 1.45 bits per heavy atom. The zero-order chi connectivity index (χ0) is 14.4. The number of carbonyl (C=O) groups excluding carboxylic acids is 1. The molecule has 0 fully saturated rings. The molecule has 20 heavy (non-hydrogen) atoms. The van der Waals surface area contributed by atoms with Gasteiger partial charge in [-0.25, -0.2) is 4.98 Å². The highest BCUT2D eigenvalue weighted by Crippen LogP contribution is 2.08. The molecule has 0 aromatic carbocycles. The van der Waals surface area contributed by atoms with Crippen LogP contribution in [0.2, 0.25) is 0 Å². The zero-order valence-corrected chi connectivity index (χ0v) is 11.7. The average Bonchev–Trinajstić information content (AvgIpc) is 2.92. The second-order valence-electron chi connectivity index (χ2n) is 4.62. The Bertz CT molecular complexity index is 552. The monoisotopic (exact) mass is 273 g/mol. The lowest BCUT2D eigenvalue weighted by molar-refractivity contribution is 0.0939. The van der Waals surface area contributed by atoms with E-state index in [1.807, 2.05) is 26.0 Å². The number of aromatic nitrogens is 1. The SMILES string of the molecule is CCNc1cc(C(=O)NC(C)Cc2ccco2)ccn1. The third-order valence-corrected chi connectivity index (χ3v) is 2.84. The van der Waals surface area contributed by atoms with E-state index in [0.717, 1.165) is 12.3 Å². The maximum Gasteiger partial charge on any atom is 0.251 e. The second-order valence-corrected chi connectivity index (χ2v) is 4.62. The first-order valence-electron chi connectivity index (χ1n) is 6.72. The topological polar surface area (TPSA) is 67.2 Å². The van der Waals surface area contributed by atoms with E-state index in [4.69, 9.17) is 4.42 Å². The van der Waals surface area contributed by atoms with Crippen molar-refractivity contribution in [1.82, 2.24) is 10.3 Å². The second kappa shape index (κ2) is 6.75. The quantitative estimate of drug-likeness (QED) is 0.848. The minimum atomic E-state index is -0.106. The van der Waals surface area contributed by atoms with Gasteiger partial charge in [0, 0.05) is 30.8 Å². The van der Waals surface area contributed by atoms with Gasteiger partial charge >= 0.3 is 0 Å². The van der Waals surface area contributed by atoms with Crippen LogP contribution in [-0.4, -0.2) is 23.5 Å². The highest BCUT2D eigenvalue weighted by Gasteiger charge is 2.12. The van der Waals surface area contributed by atoms with Crippen molar-refractivity contribution in [2.75, 3.05) is 11.9 Å². The standard InChI is InChI=1S/C15H19N3O2/c1-3-16-14-10-12(6-7-17-14)15(19)18-11(2)9-13-5-4-8-20-13/h4-8,10-11H,3,9H2,1-2H3,(H,16,17)(H,18,19). The minimum absolute atomic E-state index is 0.00407. The molecule has 0 saturated carbocycles. The molecule has 5 nitrogen and oxygen atoms in total. The maximum atomic E-state index is 12.1. The maximum absolute atomic E-state index is 12.1. The van der Waals surface area contributed by atoms with Crippen molar-refractivity contribution in [2.24, 2.45) is 0 Å². The fourth-order valence-corrected chi connectivity index (χ4v) is 1.94. The largest absolute Gasteiger partial charge is 0.469 e. The van der Waals surface area contributed by atoms with Crippen LogP contribution in [-0.2, 0) is 6.42 Å². The van der Waals surface area contributed by atoms with Crippen molar-refractivity contribution in [3.63, 3.8) is 0 Å². The minimum Gasteiger partial charge on any atom is -0.469 e. The molecule has 1 amide bonds. The third kappa shape index (κ3) is 3.85. The van der Waals surface area contributed by atoms with Gasteiger partial charge in [-0.2, -0.15) is 0 Å². The lowest BCUT2D eigenvalue weighted by Crippen LogP contribution is -2.34. The van der Waals surface area contributed by atoms with Gasteiger partial charge in [-0.05, 0) is 38.1 Å². The summed E-state index contributed by atoms with van der Waals surface area (Å²) in [6.07, 6.45) is 3.93. The van der Waals surface area contributed by atoms with Crippen LogP contribution in [0.15, 0.2) is 41.1 Å². The number of rotatable bonds is 6. The zero-order valence-electron chi connectivity index (χ0n) is 11.7. The summed E-state index contributed by atoms with van der Waals surface area (Å²) < 4.78 is 5.27. The number of pyridine rings is 1. The van der Waals surface area contributed by atoms with E-state index >= 15 is 0 Å². The van der Waals surface area contributed by atoms with Crippen molar-refractivity contribution in [3.8, 4) is 0 Å². The van der Waals surface area contributed by atoms with Crippen LogP contribution in [0.1, 0.15) is 30.0 Å². The van der Waals surface area contributed by atoms with Crippen LogP contribution < -0.4 is 10.6 Å². The third-order valence-electron chi connectivity index (χ3n) is 2.84. The van der Waals surface area contributed by atoms with Gasteiger partial charge in [-0.3, -0.25) is 4.79 Å². The summed E-state index contributed by atoms with van der Waals surface area (Å²) in [6, 6.07) is 7.20. The summed E-state index contributed by atoms with van der Waals surface area (Å²) >= 11 is 0. The average molecular weight is 273 g/mol. The van der Waals surface area contributed by atoms with Crippen molar-refractivity contribution >= 4 is 11.7 Å². The molecule has 2 N–H and O–H groups in total. The predicted octanol–water partition coefficient (Wildman–Crippen LogP) is 2.47. The van der Waals surface area contributed by atoms with E-state index < -0.39 is 0 Å². The van der Waals surface area contributed by atoms with Crippen molar-refractivity contribution in [2.45, 2.75) is 26.3 Å². The van der Waals surface area contributed by atoms with E-state index in [9.17, 15) is 4.79 Å². The number of hydrogen-bond acceptors (Lipinski definition) is 4. The van der Waals surface area contributed by atoms with Crippen molar-refractivity contribution in [1.29, 1.82) is 0 Å². The number of furan rings is 1. The van der Waals surface area contributed by atoms with Crippen LogP contribution in [0, 0.1) is 0 Å². The molecule has 0 aliphatic rings. The molecule has 2 heterocycles. The number of hydrogen-bond donors (Lipinski definition) is 2. The fourth-order valence-electron chi connectivity index (χ4n) is 1.94. The van der Waals surface area contributed by atoms with E-state index in [0.29, 0.717) is 17.8 Å². The normalized spacial score (nSPS) is 11.9. The number of anilines is 1. The molecular formula is C15H19N3O2. The lowest BCUT2D eigenvalue weighted by atomic mass is 10.1. The Balaban J connectivity index is 1.95. The van der Waals surface area contributed by atoms with Gasteiger partial charge in [-0.15, -0.1) is 0 Å². The molecule has 0 bridgehead atoms. The van der Waals surface area contributed by atoms with Crippen molar-refractivity contribution < 1.29 is 9.21 Å². The van der Waals surface area contributed by atoms with Gasteiger partial charge < -0.3 is 15.1 Å². The summed E-state index contributed by atoms with van der Waals surface area (Å²) in [5.74, 6) is 1.46. The molecule has 0 aliphatic heterocycles. The molecule has 1 atom stereocenters.